The fraction of sp³-hybridized carbons (Fsp3) is 0.600. The first kappa shape index (κ1) is 21.3. The zero-order chi connectivity index (χ0) is 21.3. The molecule has 0 fully saturated rings. The minimum Gasteiger partial charge on any atom is -0.444 e. The van der Waals surface area contributed by atoms with Gasteiger partial charge in [-0.1, -0.05) is 11.3 Å². The van der Waals surface area contributed by atoms with Crippen molar-refractivity contribution in [3.63, 3.8) is 0 Å². The Morgan fingerprint density at radius 3 is 2.62 bits per heavy atom. The van der Waals surface area contributed by atoms with Crippen LogP contribution >= 0.6 is 11.3 Å². The average molecular weight is 420 g/mol. The van der Waals surface area contributed by atoms with E-state index in [1.165, 1.54) is 11.3 Å². The Morgan fingerprint density at radius 2 is 2.00 bits per heavy atom. The number of hydrogen-bond acceptors (Lipinski definition) is 6. The predicted molar refractivity (Wildman–Crippen MR) is 112 cm³/mol. The van der Waals surface area contributed by atoms with Crippen molar-refractivity contribution in [2.24, 2.45) is 7.05 Å². The Labute approximate surface area is 175 Å². The van der Waals surface area contributed by atoms with Crippen molar-refractivity contribution in [2.45, 2.75) is 66.0 Å². The number of nitrogens with one attached hydrogen (secondary N) is 1. The molecule has 0 aliphatic carbocycles. The highest BCUT2D eigenvalue weighted by atomic mass is 32.1. The van der Waals surface area contributed by atoms with E-state index in [0.717, 1.165) is 27.5 Å². The number of rotatable bonds is 4. The van der Waals surface area contributed by atoms with Crippen molar-refractivity contribution in [3.05, 3.63) is 27.5 Å². The number of fused-ring (bicyclic) bond motifs is 1. The number of aryl methyl sites for hydroxylation is 2. The zero-order valence-electron chi connectivity index (χ0n) is 18.0. The molecule has 0 atom stereocenters. The maximum atomic E-state index is 12.4. The number of thiazole rings is 1. The second-order valence-electron chi connectivity index (χ2n) is 8.36. The molecule has 3 heterocycles. The van der Waals surface area contributed by atoms with E-state index in [9.17, 15) is 9.59 Å². The van der Waals surface area contributed by atoms with Crippen LogP contribution < -0.4 is 5.32 Å². The molecule has 0 saturated heterocycles. The minimum atomic E-state index is -0.519. The van der Waals surface area contributed by atoms with Crippen LogP contribution in [0.1, 0.15) is 54.7 Å². The molecule has 8 nitrogen and oxygen atoms in total. The lowest BCUT2D eigenvalue weighted by molar-refractivity contribution is -0.116. The van der Waals surface area contributed by atoms with Gasteiger partial charge in [-0.25, -0.2) is 9.78 Å². The van der Waals surface area contributed by atoms with Crippen molar-refractivity contribution in [1.82, 2.24) is 19.7 Å². The van der Waals surface area contributed by atoms with Gasteiger partial charge < -0.3 is 15.0 Å². The van der Waals surface area contributed by atoms with Gasteiger partial charge in [0, 0.05) is 37.0 Å². The Hall–Kier alpha value is -2.42. The first-order valence-corrected chi connectivity index (χ1v) is 10.6. The molecule has 0 saturated carbocycles. The van der Waals surface area contributed by atoms with Crippen molar-refractivity contribution in [1.29, 1.82) is 0 Å². The number of ether oxygens (including phenoxy) is 1. The maximum Gasteiger partial charge on any atom is 0.410 e. The molecule has 2 aromatic rings. The molecule has 1 aliphatic rings. The maximum absolute atomic E-state index is 12.4. The molecule has 29 heavy (non-hydrogen) atoms. The largest absolute Gasteiger partial charge is 0.444 e. The highest BCUT2D eigenvalue weighted by molar-refractivity contribution is 7.15. The smallest absolute Gasteiger partial charge is 0.410 e. The summed E-state index contributed by atoms with van der Waals surface area (Å²) in [5.41, 5.74) is 3.60. The van der Waals surface area contributed by atoms with Gasteiger partial charge in [0.05, 0.1) is 17.9 Å². The van der Waals surface area contributed by atoms with Gasteiger partial charge in [-0.15, -0.1) is 0 Å². The molecule has 1 N–H and O–H groups in total. The number of nitrogens with zero attached hydrogens (tertiary/aromatic N) is 4. The van der Waals surface area contributed by atoms with E-state index in [1.807, 2.05) is 46.3 Å². The Balaban J connectivity index is 1.57. The van der Waals surface area contributed by atoms with E-state index in [4.69, 9.17) is 4.74 Å². The third kappa shape index (κ3) is 5.14. The first-order valence-electron chi connectivity index (χ1n) is 9.79. The molecule has 1 aliphatic heterocycles. The Morgan fingerprint density at radius 1 is 1.28 bits per heavy atom. The van der Waals surface area contributed by atoms with Gasteiger partial charge in [0.2, 0.25) is 5.91 Å². The lowest BCUT2D eigenvalue weighted by atomic mass is 10.1. The van der Waals surface area contributed by atoms with Crippen molar-refractivity contribution in [2.75, 3.05) is 11.9 Å². The average Bonchev–Trinajstić information content (AvgIpc) is 3.11. The van der Waals surface area contributed by atoms with Crippen LogP contribution in [0.15, 0.2) is 0 Å². The summed E-state index contributed by atoms with van der Waals surface area (Å²) in [5.74, 6) is -0.0669. The second kappa shape index (κ2) is 8.14. The standard InChI is InChI=1S/C20H29N5O3S/c1-12-14(13(2)24(6)23-12)7-8-17(26)22-18-21-15-9-10-25(11-16(15)29-18)19(27)28-20(3,4)5/h7-11H2,1-6H3,(H,21,22,26). The highest BCUT2D eigenvalue weighted by Crippen LogP contribution is 2.29. The molecule has 9 heteroatoms. The van der Waals surface area contributed by atoms with Gasteiger partial charge in [-0.05, 0) is 46.6 Å². The monoisotopic (exact) mass is 419 g/mol. The third-order valence-electron chi connectivity index (χ3n) is 4.89. The van der Waals surface area contributed by atoms with Crippen LogP contribution in [0.25, 0.3) is 0 Å². The van der Waals surface area contributed by atoms with Gasteiger partial charge >= 0.3 is 6.09 Å². The van der Waals surface area contributed by atoms with E-state index in [0.29, 0.717) is 37.5 Å². The Bertz CT molecular complexity index is 925. The molecule has 0 bridgehead atoms. The Kier molecular flexibility index (Phi) is 5.97. The summed E-state index contributed by atoms with van der Waals surface area (Å²) in [6.07, 6.45) is 1.37. The summed E-state index contributed by atoms with van der Waals surface area (Å²) in [5, 5.41) is 7.88. The quantitative estimate of drug-likeness (QED) is 0.821. The number of amides is 2. The summed E-state index contributed by atoms with van der Waals surface area (Å²) < 4.78 is 7.29. The van der Waals surface area contributed by atoms with Gasteiger partial charge in [-0.3, -0.25) is 9.48 Å². The second-order valence-corrected chi connectivity index (χ2v) is 9.45. The normalized spacial score (nSPS) is 13.9. The topological polar surface area (TPSA) is 89.4 Å². The lowest BCUT2D eigenvalue weighted by Crippen LogP contribution is -2.39. The van der Waals surface area contributed by atoms with Crippen molar-refractivity contribution >= 4 is 28.5 Å². The predicted octanol–water partition coefficient (Wildman–Crippen LogP) is 3.36. The van der Waals surface area contributed by atoms with Crippen molar-refractivity contribution in [3.8, 4) is 0 Å². The molecule has 2 amide bonds. The van der Waals surface area contributed by atoms with Gasteiger partial charge in [0.15, 0.2) is 5.13 Å². The molecular formula is C20H29N5O3S. The van der Waals surface area contributed by atoms with Crippen LogP contribution in [-0.2, 0) is 36.0 Å². The molecule has 2 aromatic heterocycles. The number of aromatic nitrogens is 3. The van der Waals surface area contributed by atoms with E-state index < -0.39 is 5.60 Å². The van der Waals surface area contributed by atoms with E-state index in [2.05, 4.69) is 15.4 Å². The van der Waals surface area contributed by atoms with E-state index in [-0.39, 0.29) is 12.0 Å². The summed E-state index contributed by atoms with van der Waals surface area (Å²) in [6, 6.07) is 0. The molecule has 3 rings (SSSR count). The highest BCUT2D eigenvalue weighted by Gasteiger charge is 2.28. The molecule has 158 valence electrons. The number of anilines is 1. The van der Waals surface area contributed by atoms with Crippen LogP contribution in [-0.4, -0.2) is 43.8 Å². The third-order valence-corrected chi connectivity index (χ3v) is 5.89. The van der Waals surface area contributed by atoms with Gasteiger partial charge in [0.1, 0.15) is 5.60 Å². The van der Waals surface area contributed by atoms with Crippen LogP contribution in [0.5, 0.6) is 0 Å². The zero-order valence-corrected chi connectivity index (χ0v) is 18.8. The first-order chi connectivity index (χ1) is 13.5. The van der Waals surface area contributed by atoms with Crippen LogP contribution in [0.4, 0.5) is 9.93 Å². The lowest BCUT2D eigenvalue weighted by Gasteiger charge is -2.29. The molecule has 0 radical (unpaired) electrons. The summed E-state index contributed by atoms with van der Waals surface area (Å²) in [7, 11) is 1.91. The summed E-state index contributed by atoms with van der Waals surface area (Å²) in [4.78, 5) is 31.9. The van der Waals surface area contributed by atoms with E-state index in [1.54, 1.807) is 4.90 Å². The molecule has 0 spiro atoms. The van der Waals surface area contributed by atoms with Crippen LogP contribution in [0, 0.1) is 13.8 Å². The fourth-order valence-electron chi connectivity index (χ4n) is 3.33. The summed E-state index contributed by atoms with van der Waals surface area (Å²) in [6.45, 7) is 10.6. The van der Waals surface area contributed by atoms with E-state index >= 15 is 0 Å². The summed E-state index contributed by atoms with van der Waals surface area (Å²) >= 11 is 1.43. The van der Waals surface area contributed by atoms with Gasteiger partial charge in [-0.2, -0.15) is 5.10 Å². The minimum absolute atomic E-state index is 0.0669. The molecule has 0 unspecified atom stereocenters. The SMILES string of the molecule is Cc1nn(C)c(C)c1CCC(=O)Nc1nc2c(s1)CN(C(=O)OC(C)(C)C)CC2. The van der Waals surface area contributed by atoms with Crippen LogP contribution in [0.3, 0.4) is 0 Å². The fourth-order valence-corrected chi connectivity index (χ4v) is 4.37. The molecular weight excluding hydrogens is 390 g/mol. The number of carbonyl (C=O) groups is 2. The van der Waals surface area contributed by atoms with Crippen LogP contribution in [0.2, 0.25) is 0 Å². The number of carbonyl (C=O) groups excluding carboxylic acids is 2. The van der Waals surface area contributed by atoms with Crippen molar-refractivity contribution < 1.29 is 14.3 Å². The number of hydrogen-bond donors (Lipinski definition) is 1. The molecule has 0 aromatic carbocycles. The van der Waals surface area contributed by atoms with Gasteiger partial charge in [0.25, 0.3) is 0 Å².